The summed E-state index contributed by atoms with van der Waals surface area (Å²) in [6.45, 7) is 0. The number of thiol groups is 1. The number of nitrogens with zero attached hydrogens (tertiary/aromatic N) is 1. The Morgan fingerprint density at radius 2 is 2.30 bits per heavy atom. The SMILES string of the molecule is N#Cc1cc(S)cc(=S)[nH]1. The van der Waals surface area contributed by atoms with Crippen LogP contribution in [0.25, 0.3) is 0 Å². The van der Waals surface area contributed by atoms with Gasteiger partial charge in [0.2, 0.25) is 0 Å². The predicted molar refractivity (Wildman–Crippen MR) is 43.6 cm³/mol. The maximum atomic E-state index is 8.42. The molecule has 1 aromatic heterocycles. The summed E-state index contributed by atoms with van der Waals surface area (Å²) in [4.78, 5) is 3.41. The van der Waals surface area contributed by atoms with Gasteiger partial charge >= 0.3 is 0 Å². The first-order valence-electron chi connectivity index (χ1n) is 2.56. The van der Waals surface area contributed by atoms with Crippen LogP contribution in [0.15, 0.2) is 17.0 Å². The zero-order valence-corrected chi connectivity index (χ0v) is 6.67. The van der Waals surface area contributed by atoms with Crippen molar-refractivity contribution in [2.24, 2.45) is 0 Å². The Hall–Kier alpha value is -0.790. The van der Waals surface area contributed by atoms with Crippen LogP contribution < -0.4 is 0 Å². The minimum absolute atomic E-state index is 0.442. The summed E-state index contributed by atoms with van der Waals surface area (Å²) in [5, 5.41) is 8.42. The summed E-state index contributed by atoms with van der Waals surface area (Å²) in [6, 6.07) is 5.24. The van der Waals surface area contributed by atoms with Crippen molar-refractivity contribution in [3.63, 3.8) is 0 Å². The monoisotopic (exact) mass is 168 g/mol. The fourth-order valence-corrected chi connectivity index (χ4v) is 1.17. The number of H-pyrrole nitrogens is 1. The lowest BCUT2D eigenvalue weighted by molar-refractivity contribution is 1.19. The normalized spacial score (nSPS) is 8.80. The van der Waals surface area contributed by atoms with Gasteiger partial charge < -0.3 is 4.98 Å². The standard InChI is InChI=1S/C6H4N2S2/c7-3-4-1-5(9)2-6(10)8-4/h1-2H,(H2,8,9,10). The number of hydrogen-bond donors (Lipinski definition) is 2. The highest BCUT2D eigenvalue weighted by atomic mass is 32.1. The third-order valence-electron chi connectivity index (χ3n) is 0.950. The van der Waals surface area contributed by atoms with E-state index in [0.29, 0.717) is 15.2 Å². The molecule has 1 N–H and O–H groups in total. The van der Waals surface area contributed by atoms with Crippen LogP contribution in [0.2, 0.25) is 0 Å². The Kier molecular flexibility index (Phi) is 2.10. The summed E-state index contributed by atoms with van der Waals surface area (Å²) in [5.41, 5.74) is 0.442. The third kappa shape index (κ3) is 1.59. The van der Waals surface area contributed by atoms with Crippen LogP contribution in [0.1, 0.15) is 5.69 Å². The van der Waals surface area contributed by atoms with Crippen molar-refractivity contribution in [2.45, 2.75) is 4.90 Å². The molecule has 0 radical (unpaired) electrons. The fraction of sp³-hybridized carbons (Fsp3) is 0. The van der Waals surface area contributed by atoms with Gasteiger partial charge in [-0.2, -0.15) is 5.26 Å². The molecule has 0 saturated heterocycles. The zero-order chi connectivity index (χ0) is 7.56. The van der Waals surface area contributed by atoms with Crippen LogP contribution in [0, 0.1) is 16.0 Å². The van der Waals surface area contributed by atoms with Crippen molar-refractivity contribution >= 4 is 24.8 Å². The van der Waals surface area contributed by atoms with Gasteiger partial charge in [0, 0.05) is 4.90 Å². The molecule has 0 aliphatic carbocycles. The Morgan fingerprint density at radius 3 is 2.80 bits per heavy atom. The number of aromatic amines is 1. The Balaban J connectivity index is 3.36. The first-order valence-corrected chi connectivity index (χ1v) is 3.41. The Bertz CT molecular complexity index is 334. The average molecular weight is 168 g/mol. The molecule has 10 heavy (non-hydrogen) atoms. The highest BCUT2D eigenvalue weighted by Crippen LogP contribution is 2.05. The maximum absolute atomic E-state index is 8.42. The zero-order valence-electron chi connectivity index (χ0n) is 4.96. The molecule has 1 heterocycles. The Morgan fingerprint density at radius 1 is 1.60 bits per heavy atom. The first kappa shape index (κ1) is 7.32. The summed E-state index contributed by atoms with van der Waals surface area (Å²) in [7, 11) is 0. The quantitative estimate of drug-likeness (QED) is 0.459. The summed E-state index contributed by atoms with van der Waals surface area (Å²) < 4.78 is 0.532. The summed E-state index contributed by atoms with van der Waals surface area (Å²) >= 11 is 8.84. The number of rotatable bonds is 0. The van der Waals surface area contributed by atoms with E-state index in [2.05, 4.69) is 17.6 Å². The molecule has 0 bridgehead atoms. The van der Waals surface area contributed by atoms with Crippen molar-refractivity contribution in [2.75, 3.05) is 0 Å². The maximum Gasteiger partial charge on any atom is 0.119 e. The lowest BCUT2D eigenvalue weighted by Gasteiger charge is -1.90. The summed E-state index contributed by atoms with van der Waals surface area (Å²) in [5.74, 6) is 0. The van der Waals surface area contributed by atoms with Gasteiger partial charge in [0.15, 0.2) is 0 Å². The number of pyridine rings is 1. The molecule has 4 heteroatoms. The molecule has 2 nitrogen and oxygen atoms in total. The number of nitrogens with one attached hydrogen (secondary N) is 1. The van der Waals surface area contributed by atoms with Crippen molar-refractivity contribution in [3.8, 4) is 6.07 Å². The molecule has 1 aromatic rings. The minimum Gasteiger partial charge on any atom is -0.338 e. The van der Waals surface area contributed by atoms with Crippen LogP contribution in [0.3, 0.4) is 0 Å². The molecule has 1 rings (SSSR count). The van der Waals surface area contributed by atoms with Crippen LogP contribution in [-0.2, 0) is 0 Å². The summed E-state index contributed by atoms with van der Waals surface area (Å²) in [6.07, 6.45) is 0. The van der Waals surface area contributed by atoms with E-state index in [1.54, 1.807) is 12.1 Å². The lowest BCUT2D eigenvalue weighted by Crippen LogP contribution is -1.81. The number of hydrogen-bond acceptors (Lipinski definition) is 3. The van der Waals surface area contributed by atoms with Gasteiger partial charge in [-0.05, 0) is 12.1 Å². The highest BCUT2D eigenvalue weighted by molar-refractivity contribution is 7.80. The van der Waals surface area contributed by atoms with Crippen LogP contribution in [-0.4, -0.2) is 4.98 Å². The van der Waals surface area contributed by atoms with Gasteiger partial charge in [0.1, 0.15) is 16.4 Å². The van der Waals surface area contributed by atoms with Gasteiger partial charge in [0.25, 0.3) is 0 Å². The molecule has 0 aromatic carbocycles. The smallest absolute Gasteiger partial charge is 0.119 e. The van der Waals surface area contributed by atoms with Crippen molar-refractivity contribution in [3.05, 3.63) is 22.5 Å². The topological polar surface area (TPSA) is 39.6 Å². The third-order valence-corrected chi connectivity index (χ3v) is 1.43. The molecule has 0 aliphatic rings. The highest BCUT2D eigenvalue weighted by Gasteiger charge is 1.90. The molecule has 0 aliphatic heterocycles. The van der Waals surface area contributed by atoms with E-state index >= 15 is 0 Å². The molecule has 0 spiro atoms. The molecular weight excluding hydrogens is 164 g/mol. The van der Waals surface area contributed by atoms with Gasteiger partial charge in [0.05, 0.1) is 0 Å². The largest absolute Gasteiger partial charge is 0.338 e. The van der Waals surface area contributed by atoms with Gasteiger partial charge in [-0.1, -0.05) is 12.2 Å². The van der Waals surface area contributed by atoms with E-state index in [4.69, 9.17) is 17.5 Å². The average Bonchev–Trinajstić information content (AvgIpc) is 1.85. The van der Waals surface area contributed by atoms with Crippen molar-refractivity contribution in [1.82, 2.24) is 4.98 Å². The van der Waals surface area contributed by atoms with Crippen LogP contribution in [0.4, 0.5) is 0 Å². The second-order valence-electron chi connectivity index (χ2n) is 1.73. The second kappa shape index (κ2) is 2.86. The van der Waals surface area contributed by atoms with Gasteiger partial charge in [-0.25, -0.2) is 0 Å². The molecule has 0 unspecified atom stereocenters. The molecular formula is C6H4N2S2. The molecule has 50 valence electrons. The van der Waals surface area contributed by atoms with E-state index in [1.165, 1.54) is 0 Å². The second-order valence-corrected chi connectivity index (χ2v) is 2.68. The van der Waals surface area contributed by atoms with E-state index in [0.717, 1.165) is 0 Å². The molecule has 0 fully saturated rings. The number of nitriles is 1. The van der Waals surface area contributed by atoms with E-state index < -0.39 is 0 Å². The molecule has 0 atom stereocenters. The van der Waals surface area contributed by atoms with Crippen LogP contribution in [0.5, 0.6) is 0 Å². The van der Waals surface area contributed by atoms with Gasteiger partial charge in [-0.3, -0.25) is 0 Å². The van der Waals surface area contributed by atoms with E-state index in [-0.39, 0.29) is 0 Å². The van der Waals surface area contributed by atoms with Crippen molar-refractivity contribution < 1.29 is 0 Å². The van der Waals surface area contributed by atoms with E-state index in [9.17, 15) is 0 Å². The van der Waals surface area contributed by atoms with Crippen LogP contribution >= 0.6 is 24.8 Å². The fourth-order valence-electron chi connectivity index (χ4n) is 0.589. The first-order chi connectivity index (χ1) is 4.72. The Labute approximate surface area is 68.9 Å². The molecule has 0 saturated carbocycles. The number of aromatic nitrogens is 1. The van der Waals surface area contributed by atoms with Crippen molar-refractivity contribution in [1.29, 1.82) is 5.26 Å². The van der Waals surface area contributed by atoms with E-state index in [1.807, 2.05) is 6.07 Å². The minimum atomic E-state index is 0.442. The molecule has 0 amide bonds. The predicted octanol–water partition coefficient (Wildman–Crippen LogP) is 1.90. The lowest BCUT2D eigenvalue weighted by atomic mass is 10.4. The van der Waals surface area contributed by atoms with Gasteiger partial charge in [-0.15, -0.1) is 12.6 Å².